The highest BCUT2D eigenvalue weighted by molar-refractivity contribution is 5.76. The lowest BCUT2D eigenvalue weighted by molar-refractivity contribution is 0.415. The monoisotopic (exact) mass is 265 g/mol. The molecule has 0 atom stereocenters. The highest BCUT2D eigenvalue weighted by Gasteiger charge is 2.12. The summed E-state index contributed by atoms with van der Waals surface area (Å²) in [6.07, 6.45) is 3.10. The zero-order valence-electron chi connectivity index (χ0n) is 10.7. The van der Waals surface area contributed by atoms with Crippen molar-refractivity contribution in [3.05, 3.63) is 42.2 Å². The van der Waals surface area contributed by atoms with Crippen LogP contribution in [0.4, 0.5) is 5.82 Å². The van der Waals surface area contributed by atoms with Crippen LogP contribution in [0.25, 0.3) is 16.8 Å². The number of nitrogens with zero attached hydrogens (tertiary/aromatic N) is 4. The quantitative estimate of drug-likeness (QED) is 0.763. The number of methoxy groups -OCH3 is 1. The van der Waals surface area contributed by atoms with Crippen molar-refractivity contribution in [3.8, 4) is 22.9 Å². The fourth-order valence-electron chi connectivity index (χ4n) is 2.02. The summed E-state index contributed by atoms with van der Waals surface area (Å²) in [6.45, 7) is 0. The molecule has 0 saturated carbocycles. The zero-order chi connectivity index (χ0) is 14.1. The molecule has 0 fully saturated rings. The van der Waals surface area contributed by atoms with Crippen LogP contribution in [-0.2, 0) is 0 Å². The van der Waals surface area contributed by atoms with Crippen LogP contribution in [0.2, 0.25) is 0 Å². The Hall–Kier alpha value is -3.07. The SMILES string of the molecule is COc1ccc(-c2cnc3c(C#N)cnn3c2N)cc1. The fourth-order valence-corrected chi connectivity index (χ4v) is 2.02. The van der Waals surface area contributed by atoms with Crippen LogP contribution < -0.4 is 10.5 Å². The second kappa shape index (κ2) is 4.55. The first-order valence-corrected chi connectivity index (χ1v) is 5.91. The smallest absolute Gasteiger partial charge is 0.175 e. The Bertz CT molecular complexity index is 814. The van der Waals surface area contributed by atoms with Gasteiger partial charge < -0.3 is 10.5 Å². The summed E-state index contributed by atoms with van der Waals surface area (Å²) < 4.78 is 6.59. The van der Waals surface area contributed by atoms with E-state index in [9.17, 15) is 0 Å². The molecule has 0 aliphatic carbocycles. The minimum absolute atomic E-state index is 0.401. The van der Waals surface area contributed by atoms with E-state index >= 15 is 0 Å². The molecule has 1 aromatic carbocycles. The second-order valence-electron chi connectivity index (χ2n) is 4.19. The molecule has 0 spiro atoms. The summed E-state index contributed by atoms with van der Waals surface area (Å²) in [5.41, 5.74) is 8.64. The van der Waals surface area contributed by atoms with Crippen LogP contribution in [0.1, 0.15) is 5.56 Å². The van der Waals surface area contributed by atoms with Crippen molar-refractivity contribution < 1.29 is 4.74 Å². The van der Waals surface area contributed by atoms with Gasteiger partial charge in [-0.2, -0.15) is 14.9 Å². The number of nitrogen functional groups attached to an aromatic ring is 1. The third-order valence-corrected chi connectivity index (χ3v) is 3.09. The summed E-state index contributed by atoms with van der Waals surface area (Å²) in [4.78, 5) is 4.26. The Morgan fingerprint density at radius 1 is 1.25 bits per heavy atom. The highest BCUT2D eigenvalue weighted by Crippen LogP contribution is 2.27. The van der Waals surface area contributed by atoms with E-state index in [1.165, 1.54) is 10.7 Å². The van der Waals surface area contributed by atoms with E-state index < -0.39 is 0 Å². The number of hydrogen-bond donors (Lipinski definition) is 1. The first-order chi connectivity index (χ1) is 9.74. The molecule has 98 valence electrons. The normalized spacial score (nSPS) is 10.4. The third-order valence-electron chi connectivity index (χ3n) is 3.09. The molecule has 3 rings (SSSR count). The first-order valence-electron chi connectivity index (χ1n) is 5.91. The Balaban J connectivity index is 2.16. The Morgan fingerprint density at radius 2 is 2.00 bits per heavy atom. The maximum Gasteiger partial charge on any atom is 0.175 e. The summed E-state index contributed by atoms with van der Waals surface area (Å²) >= 11 is 0. The van der Waals surface area contributed by atoms with E-state index in [0.29, 0.717) is 17.0 Å². The van der Waals surface area contributed by atoms with Gasteiger partial charge in [-0.25, -0.2) is 4.98 Å². The molecule has 0 saturated heterocycles. The van der Waals surface area contributed by atoms with E-state index in [4.69, 9.17) is 15.7 Å². The topological polar surface area (TPSA) is 89.2 Å². The lowest BCUT2D eigenvalue weighted by atomic mass is 10.1. The second-order valence-corrected chi connectivity index (χ2v) is 4.19. The maximum atomic E-state index is 8.96. The molecule has 6 heteroatoms. The molecule has 3 aromatic rings. The number of aromatic nitrogens is 3. The van der Waals surface area contributed by atoms with Gasteiger partial charge in [-0.05, 0) is 17.7 Å². The van der Waals surface area contributed by atoms with E-state index in [2.05, 4.69) is 10.1 Å². The number of anilines is 1. The molecule has 6 nitrogen and oxygen atoms in total. The van der Waals surface area contributed by atoms with Crippen LogP contribution in [-0.4, -0.2) is 21.7 Å². The van der Waals surface area contributed by atoms with Gasteiger partial charge in [-0.3, -0.25) is 0 Å². The average molecular weight is 265 g/mol. The lowest BCUT2D eigenvalue weighted by Crippen LogP contribution is -2.02. The standard InChI is InChI=1S/C14H11N5O/c1-20-11-4-2-9(3-5-11)12-8-17-14-10(6-15)7-18-19(14)13(12)16/h2-5,7-8H,16H2,1H3. The number of ether oxygens (including phenoxy) is 1. The van der Waals surface area contributed by atoms with Crippen LogP contribution >= 0.6 is 0 Å². The molecule has 0 unspecified atom stereocenters. The maximum absolute atomic E-state index is 8.96. The molecular formula is C14H11N5O. The van der Waals surface area contributed by atoms with Gasteiger partial charge in [-0.1, -0.05) is 12.1 Å². The molecule has 0 amide bonds. The number of hydrogen-bond acceptors (Lipinski definition) is 5. The van der Waals surface area contributed by atoms with Gasteiger partial charge >= 0.3 is 0 Å². The van der Waals surface area contributed by atoms with Crippen LogP contribution in [0, 0.1) is 11.3 Å². The zero-order valence-corrected chi connectivity index (χ0v) is 10.7. The predicted octanol–water partition coefficient (Wildman–Crippen LogP) is 1.86. The number of nitrogens with two attached hydrogens (primary N) is 1. The summed E-state index contributed by atoms with van der Waals surface area (Å²) in [5.74, 6) is 1.22. The van der Waals surface area contributed by atoms with E-state index in [-0.39, 0.29) is 0 Å². The average Bonchev–Trinajstić information content (AvgIpc) is 2.92. The number of rotatable bonds is 2. The molecule has 0 radical (unpaired) electrons. The molecule has 20 heavy (non-hydrogen) atoms. The molecule has 0 aliphatic rings. The number of nitriles is 1. The minimum Gasteiger partial charge on any atom is -0.497 e. The van der Waals surface area contributed by atoms with Crippen molar-refractivity contribution in [1.82, 2.24) is 14.6 Å². The van der Waals surface area contributed by atoms with Crippen molar-refractivity contribution in [2.24, 2.45) is 0 Å². The molecule has 0 aliphatic heterocycles. The van der Waals surface area contributed by atoms with Crippen LogP contribution in [0.15, 0.2) is 36.7 Å². The summed E-state index contributed by atoms with van der Waals surface area (Å²) in [5, 5.41) is 13.1. The van der Waals surface area contributed by atoms with Gasteiger partial charge in [0.15, 0.2) is 5.65 Å². The third kappa shape index (κ3) is 1.73. The van der Waals surface area contributed by atoms with Gasteiger partial charge in [-0.15, -0.1) is 0 Å². The van der Waals surface area contributed by atoms with Gasteiger partial charge in [0.1, 0.15) is 23.2 Å². The molecular weight excluding hydrogens is 254 g/mol. The molecule has 2 heterocycles. The lowest BCUT2D eigenvalue weighted by Gasteiger charge is -2.08. The van der Waals surface area contributed by atoms with E-state index in [1.54, 1.807) is 13.3 Å². The van der Waals surface area contributed by atoms with Crippen molar-refractivity contribution >= 4 is 11.5 Å². The van der Waals surface area contributed by atoms with Gasteiger partial charge in [0.25, 0.3) is 0 Å². The predicted molar refractivity (Wildman–Crippen MR) is 74.1 cm³/mol. The summed E-state index contributed by atoms with van der Waals surface area (Å²) in [7, 11) is 1.62. The van der Waals surface area contributed by atoms with Crippen molar-refractivity contribution in [2.75, 3.05) is 12.8 Å². The number of benzene rings is 1. The van der Waals surface area contributed by atoms with Crippen LogP contribution in [0.3, 0.4) is 0 Å². The van der Waals surface area contributed by atoms with Crippen LogP contribution in [0.5, 0.6) is 5.75 Å². The van der Waals surface area contributed by atoms with Crippen molar-refractivity contribution in [3.63, 3.8) is 0 Å². The van der Waals surface area contributed by atoms with E-state index in [1.807, 2.05) is 30.3 Å². The Morgan fingerprint density at radius 3 is 2.65 bits per heavy atom. The first kappa shape index (κ1) is 12.0. The molecule has 2 N–H and O–H groups in total. The molecule has 0 bridgehead atoms. The Labute approximate surface area is 115 Å². The molecule has 2 aromatic heterocycles. The van der Waals surface area contributed by atoms with Gasteiger partial charge in [0, 0.05) is 11.8 Å². The van der Waals surface area contributed by atoms with Gasteiger partial charge in [0.2, 0.25) is 0 Å². The van der Waals surface area contributed by atoms with Crippen molar-refractivity contribution in [1.29, 1.82) is 5.26 Å². The van der Waals surface area contributed by atoms with Crippen molar-refractivity contribution in [2.45, 2.75) is 0 Å². The largest absolute Gasteiger partial charge is 0.497 e. The highest BCUT2D eigenvalue weighted by atomic mass is 16.5. The van der Waals surface area contributed by atoms with Gasteiger partial charge in [0.05, 0.1) is 13.3 Å². The number of fused-ring (bicyclic) bond motifs is 1. The fraction of sp³-hybridized carbons (Fsp3) is 0.0714. The minimum atomic E-state index is 0.401. The van der Waals surface area contributed by atoms with E-state index in [0.717, 1.165) is 16.9 Å². The summed E-state index contributed by atoms with van der Waals surface area (Å²) in [6, 6.07) is 9.52. The Kier molecular flexibility index (Phi) is 2.73.